The Labute approximate surface area is 195 Å². The maximum absolute atomic E-state index is 13.7. The monoisotopic (exact) mass is 473 g/mol. The summed E-state index contributed by atoms with van der Waals surface area (Å²) >= 11 is 0. The molecule has 8 heteroatoms. The number of terminal acetylenes is 1. The fraction of sp³-hybridized carbons (Fsp3) is 0.154. The van der Waals surface area contributed by atoms with Gasteiger partial charge in [0.1, 0.15) is 10.5 Å². The van der Waals surface area contributed by atoms with Gasteiger partial charge in [0.2, 0.25) is 0 Å². The normalized spacial score (nSPS) is 12.1. The molecule has 3 aromatic heterocycles. The van der Waals surface area contributed by atoms with E-state index < -0.39 is 15.1 Å². The van der Waals surface area contributed by atoms with Gasteiger partial charge in [-0.15, -0.1) is 10.3 Å². The average molecular weight is 474 g/mol. The van der Waals surface area contributed by atoms with Gasteiger partial charge in [0.05, 0.1) is 10.9 Å². The van der Waals surface area contributed by atoms with Crippen molar-refractivity contribution in [1.82, 2.24) is 14.5 Å². The molecule has 1 N–H and O–H groups in total. The fourth-order valence-corrected chi connectivity index (χ4v) is 4.96. The Hall–Kier alpha value is -3.96. The highest BCUT2D eigenvalue weighted by atomic mass is 32.3. The molecule has 2 aromatic carbocycles. The number of aromatic amines is 1. The molecule has 170 valence electrons. The molecule has 0 fully saturated rings. The molecule has 5 aromatic rings. The van der Waals surface area contributed by atoms with E-state index in [9.17, 15) is 17.1 Å². The quantitative estimate of drug-likeness (QED) is 0.295. The van der Waals surface area contributed by atoms with Crippen molar-refractivity contribution in [3.05, 3.63) is 70.1 Å². The summed E-state index contributed by atoms with van der Waals surface area (Å²) in [6.07, 6.45) is 8.00. The number of fused-ring (bicyclic) bond motifs is 4. The highest BCUT2D eigenvalue weighted by Gasteiger charge is 2.20. The van der Waals surface area contributed by atoms with Gasteiger partial charge in [0, 0.05) is 46.9 Å². The molecule has 0 aliphatic heterocycles. The van der Waals surface area contributed by atoms with Crippen LogP contribution in [0.2, 0.25) is 0 Å². The number of aryl methyl sites for hydroxylation is 1. The van der Waals surface area contributed by atoms with Crippen molar-refractivity contribution in [2.45, 2.75) is 24.7 Å². The summed E-state index contributed by atoms with van der Waals surface area (Å²) in [5.41, 5.74) is 4.61. The molecule has 0 saturated carbocycles. The van der Waals surface area contributed by atoms with E-state index in [0.29, 0.717) is 38.6 Å². The van der Waals surface area contributed by atoms with Crippen LogP contribution in [-0.2, 0) is 17.3 Å². The van der Waals surface area contributed by atoms with Crippen LogP contribution >= 0.6 is 0 Å². The first-order valence-corrected chi connectivity index (χ1v) is 12.0. The number of aromatic nitrogens is 3. The van der Waals surface area contributed by atoms with Crippen LogP contribution in [0.3, 0.4) is 0 Å². The van der Waals surface area contributed by atoms with Crippen LogP contribution in [0, 0.1) is 12.3 Å². The third-order valence-electron chi connectivity index (χ3n) is 6.21. The first-order valence-electron chi connectivity index (χ1n) is 10.6. The Morgan fingerprint density at radius 1 is 1.12 bits per heavy atom. The number of nitrogens with zero attached hydrogens (tertiary/aromatic N) is 2. The van der Waals surface area contributed by atoms with Gasteiger partial charge in [-0.1, -0.05) is 25.8 Å². The van der Waals surface area contributed by atoms with Crippen molar-refractivity contribution in [3.8, 4) is 23.5 Å². The number of halogens is 1. The minimum atomic E-state index is -4.91. The van der Waals surface area contributed by atoms with E-state index in [1.807, 2.05) is 49.7 Å². The highest BCUT2D eigenvalue weighted by Crippen LogP contribution is 2.35. The molecule has 0 bridgehead atoms. The number of nitrogens with one attached hydrogen (secondary N) is 1. The summed E-state index contributed by atoms with van der Waals surface area (Å²) in [6.45, 7) is 3.95. The van der Waals surface area contributed by atoms with Crippen LogP contribution in [0.25, 0.3) is 44.0 Å². The lowest BCUT2D eigenvalue weighted by Crippen LogP contribution is -2.10. The SMILES string of the molecule is C#Cc1ccc2c(c1)[nH]c1c2c(=O)c2cc(C(C)C)c(-c3cncc(S(=O)(=O)F)c3)cc2n1C. The summed E-state index contributed by atoms with van der Waals surface area (Å²) in [5.74, 6) is 2.61. The van der Waals surface area contributed by atoms with E-state index in [0.717, 1.165) is 22.7 Å². The Bertz CT molecular complexity index is 1860. The molecule has 6 nitrogen and oxygen atoms in total. The minimum absolute atomic E-state index is 0.00611. The summed E-state index contributed by atoms with van der Waals surface area (Å²) in [7, 11) is -3.06. The van der Waals surface area contributed by atoms with E-state index in [4.69, 9.17) is 6.42 Å². The molecule has 34 heavy (non-hydrogen) atoms. The predicted octanol–water partition coefficient (Wildman–Crippen LogP) is 5.00. The standard InChI is InChI=1S/C26H20FN3O3S/c1-5-15-6-7-18-22(8-15)29-26-24(18)25(31)21-10-19(14(2)3)20(11-23(21)30(26)4)16-9-17(13-28-12-16)34(27,32)33/h1,6-14,29H,2-4H3. The number of hydrogen-bond acceptors (Lipinski definition) is 4. The van der Waals surface area contributed by atoms with Gasteiger partial charge >= 0.3 is 10.2 Å². The number of pyridine rings is 2. The van der Waals surface area contributed by atoms with E-state index in [2.05, 4.69) is 15.9 Å². The maximum atomic E-state index is 13.7. The van der Waals surface area contributed by atoms with Crippen molar-refractivity contribution < 1.29 is 12.3 Å². The van der Waals surface area contributed by atoms with Gasteiger partial charge in [-0.25, -0.2) is 0 Å². The van der Waals surface area contributed by atoms with Gasteiger partial charge < -0.3 is 9.55 Å². The summed E-state index contributed by atoms with van der Waals surface area (Å²) in [5, 5.41) is 1.89. The van der Waals surface area contributed by atoms with Gasteiger partial charge in [-0.2, -0.15) is 8.42 Å². The molecule has 3 heterocycles. The van der Waals surface area contributed by atoms with Crippen LogP contribution in [0.1, 0.15) is 30.9 Å². The lowest BCUT2D eigenvalue weighted by atomic mass is 9.91. The van der Waals surface area contributed by atoms with E-state index >= 15 is 0 Å². The molecule has 0 atom stereocenters. The van der Waals surface area contributed by atoms with Crippen LogP contribution in [0.4, 0.5) is 3.89 Å². The summed E-state index contributed by atoms with van der Waals surface area (Å²) in [6, 6.07) is 10.4. The van der Waals surface area contributed by atoms with Crippen molar-refractivity contribution in [2.24, 2.45) is 7.05 Å². The van der Waals surface area contributed by atoms with Crippen LogP contribution < -0.4 is 5.43 Å². The lowest BCUT2D eigenvalue weighted by molar-refractivity contribution is 0.551. The summed E-state index contributed by atoms with van der Waals surface area (Å²) < 4.78 is 38.4. The van der Waals surface area contributed by atoms with Gasteiger partial charge in [-0.3, -0.25) is 9.78 Å². The Kier molecular flexibility index (Phi) is 4.85. The maximum Gasteiger partial charge on any atom is 0.333 e. The molecule has 0 aliphatic carbocycles. The zero-order chi connectivity index (χ0) is 24.4. The van der Waals surface area contributed by atoms with Crippen molar-refractivity contribution >= 4 is 43.1 Å². The zero-order valence-corrected chi connectivity index (χ0v) is 19.5. The summed E-state index contributed by atoms with van der Waals surface area (Å²) in [4.78, 5) is 20.4. The molecule has 5 rings (SSSR count). The van der Waals surface area contributed by atoms with E-state index in [1.165, 1.54) is 12.3 Å². The molecular formula is C26H20FN3O3S. The second-order valence-electron chi connectivity index (χ2n) is 8.60. The fourth-order valence-electron chi connectivity index (χ4n) is 4.50. The van der Waals surface area contributed by atoms with E-state index in [-0.39, 0.29) is 11.3 Å². The first kappa shape index (κ1) is 21.9. The molecule has 0 saturated heterocycles. The molecule has 0 spiro atoms. The lowest BCUT2D eigenvalue weighted by Gasteiger charge is -2.17. The number of hydrogen-bond donors (Lipinski definition) is 1. The first-order chi connectivity index (χ1) is 16.1. The Morgan fingerprint density at radius 3 is 2.56 bits per heavy atom. The average Bonchev–Trinajstić information content (AvgIpc) is 3.20. The smallest absolute Gasteiger partial charge is 0.333 e. The van der Waals surface area contributed by atoms with E-state index in [1.54, 1.807) is 6.07 Å². The number of rotatable bonds is 3. The largest absolute Gasteiger partial charge is 0.340 e. The second-order valence-corrected chi connectivity index (χ2v) is 9.95. The number of benzene rings is 2. The highest BCUT2D eigenvalue weighted by molar-refractivity contribution is 7.86. The molecule has 0 amide bonds. The van der Waals surface area contributed by atoms with Gasteiger partial charge in [-0.05, 0) is 47.4 Å². The van der Waals surface area contributed by atoms with Crippen LogP contribution in [0.5, 0.6) is 0 Å². The topological polar surface area (TPSA) is 84.8 Å². The third kappa shape index (κ3) is 3.28. The van der Waals surface area contributed by atoms with Crippen molar-refractivity contribution in [1.29, 1.82) is 0 Å². The van der Waals surface area contributed by atoms with Gasteiger partial charge in [0.25, 0.3) is 0 Å². The molecular weight excluding hydrogens is 453 g/mol. The van der Waals surface area contributed by atoms with Crippen LogP contribution in [-0.4, -0.2) is 23.0 Å². The van der Waals surface area contributed by atoms with Crippen LogP contribution in [0.15, 0.2) is 58.5 Å². The zero-order valence-electron chi connectivity index (χ0n) is 18.7. The molecule has 0 aliphatic rings. The molecule has 0 unspecified atom stereocenters. The second kappa shape index (κ2) is 7.54. The van der Waals surface area contributed by atoms with Crippen molar-refractivity contribution in [2.75, 3.05) is 0 Å². The predicted molar refractivity (Wildman–Crippen MR) is 132 cm³/mol. The Morgan fingerprint density at radius 2 is 1.88 bits per heavy atom. The van der Waals surface area contributed by atoms with Gasteiger partial charge in [0.15, 0.2) is 5.43 Å². The Balaban J connectivity index is 1.90. The molecule has 0 radical (unpaired) electrons. The third-order valence-corrected chi connectivity index (χ3v) is 7.00. The minimum Gasteiger partial charge on any atom is -0.340 e. The number of H-pyrrole nitrogens is 1. The van der Waals surface area contributed by atoms with Crippen molar-refractivity contribution in [3.63, 3.8) is 0 Å².